The van der Waals surface area contributed by atoms with Gasteiger partial charge in [-0.15, -0.1) is 0 Å². The predicted molar refractivity (Wildman–Crippen MR) is 103 cm³/mol. The maximum Gasteiger partial charge on any atom is 0.420 e. The first kappa shape index (κ1) is 20.0. The van der Waals surface area contributed by atoms with Crippen LogP contribution in [0.5, 0.6) is 5.75 Å². The molecule has 4 nitrogen and oxygen atoms in total. The molecule has 0 spiro atoms. The molecular formula is C22H24F3N3O. The van der Waals surface area contributed by atoms with Crippen LogP contribution in [0.25, 0.3) is 0 Å². The molecule has 29 heavy (non-hydrogen) atoms. The third-order valence-electron chi connectivity index (χ3n) is 6.06. The van der Waals surface area contributed by atoms with E-state index in [-0.39, 0.29) is 23.4 Å². The second kappa shape index (κ2) is 7.85. The number of halogens is 3. The van der Waals surface area contributed by atoms with Crippen molar-refractivity contribution in [2.75, 3.05) is 13.1 Å². The van der Waals surface area contributed by atoms with Crippen LogP contribution in [0, 0.1) is 11.3 Å². The Bertz CT molecular complexity index is 884. The summed E-state index contributed by atoms with van der Waals surface area (Å²) >= 11 is 0. The summed E-state index contributed by atoms with van der Waals surface area (Å²) in [6.45, 7) is 1.61. The van der Waals surface area contributed by atoms with Gasteiger partial charge in [0.15, 0.2) is 0 Å². The number of rotatable bonds is 3. The second-order valence-corrected chi connectivity index (χ2v) is 8.02. The van der Waals surface area contributed by atoms with Gasteiger partial charge < -0.3 is 10.5 Å². The Hall–Kier alpha value is -2.30. The number of piperidine rings is 1. The molecule has 3 atom stereocenters. The van der Waals surface area contributed by atoms with Gasteiger partial charge in [-0.25, -0.2) is 0 Å². The Labute approximate surface area is 168 Å². The van der Waals surface area contributed by atoms with E-state index in [1.165, 1.54) is 17.7 Å². The molecule has 1 aromatic rings. The normalized spacial score (nSPS) is 27.6. The predicted octanol–water partition coefficient (Wildman–Crippen LogP) is 4.17. The molecule has 1 aromatic carbocycles. The van der Waals surface area contributed by atoms with Crippen LogP contribution in [0.1, 0.15) is 43.2 Å². The lowest BCUT2D eigenvalue weighted by molar-refractivity contribution is -0.139. The minimum Gasteiger partial charge on any atom is -0.484 e. The Balaban J connectivity index is 1.68. The van der Waals surface area contributed by atoms with E-state index in [4.69, 9.17) is 15.7 Å². The van der Waals surface area contributed by atoms with E-state index in [0.29, 0.717) is 0 Å². The molecule has 1 aliphatic heterocycles. The first-order valence-corrected chi connectivity index (χ1v) is 10.0. The average Bonchev–Trinajstić information content (AvgIpc) is 3.06. The Morgan fingerprint density at radius 3 is 2.83 bits per heavy atom. The minimum absolute atomic E-state index is 0.0224. The summed E-state index contributed by atoms with van der Waals surface area (Å²) in [4.78, 5) is 2.28. The van der Waals surface area contributed by atoms with E-state index in [9.17, 15) is 13.2 Å². The van der Waals surface area contributed by atoms with E-state index in [0.717, 1.165) is 56.8 Å². The van der Waals surface area contributed by atoms with Crippen molar-refractivity contribution in [2.45, 2.75) is 56.5 Å². The standard InChI is InChI=1S/C22H24F3N3O/c23-22(24,25)18-10-14(12-26)7-8-20(18)29-21-17-6-2-1-4-15(17)11-19(21)28-9-3-5-16(27)13-28/h1,4,7-8,10,16,19,21H,2-3,5-6,9,11,13,27H2/t16-,19-,21-/m1/s1. The highest BCUT2D eigenvalue weighted by atomic mass is 19.4. The van der Waals surface area contributed by atoms with Crippen LogP contribution < -0.4 is 10.5 Å². The number of hydrogen-bond donors (Lipinski definition) is 1. The number of alkyl halides is 3. The van der Waals surface area contributed by atoms with E-state index in [1.54, 1.807) is 6.07 Å². The summed E-state index contributed by atoms with van der Waals surface area (Å²) in [6.07, 6.45) is 3.55. The van der Waals surface area contributed by atoms with Crippen molar-refractivity contribution in [1.29, 1.82) is 5.26 Å². The molecule has 0 unspecified atom stereocenters. The van der Waals surface area contributed by atoms with Gasteiger partial charge in [0.2, 0.25) is 0 Å². The first-order valence-electron chi connectivity index (χ1n) is 10.0. The third-order valence-corrected chi connectivity index (χ3v) is 6.06. The molecule has 2 aliphatic carbocycles. The average molecular weight is 403 g/mol. The smallest absolute Gasteiger partial charge is 0.420 e. The van der Waals surface area contributed by atoms with Gasteiger partial charge in [-0.2, -0.15) is 18.4 Å². The molecule has 1 heterocycles. The number of nitrogens with zero attached hydrogens (tertiary/aromatic N) is 2. The van der Waals surface area contributed by atoms with E-state index in [2.05, 4.69) is 17.1 Å². The number of nitrogens with two attached hydrogens (primary N) is 1. The number of nitriles is 1. The molecule has 7 heteroatoms. The zero-order valence-corrected chi connectivity index (χ0v) is 16.1. The van der Waals surface area contributed by atoms with Gasteiger partial charge in [-0.1, -0.05) is 12.2 Å². The molecule has 0 saturated carbocycles. The molecule has 1 saturated heterocycles. The van der Waals surface area contributed by atoms with Gasteiger partial charge in [0.1, 0.15) is 11.9 Å². The molecular weight excluding hydrogens is 379 g/mol. The number of hydrogen-bond acceptors (Lipinski definition) is 4. The van der Waals surface area contributed by atoms with Crippen molar-refractivity contribution in [3.8, 4) is 11.8 Å². The van der Waals surface area contributed by atoms with Gasteiger partial charge in [-0.3, -0.25) is 4.90 Å². The van der Waals surface area contributed by atoms with Crippen molar-refractivity contribution in [3.05, 3.63) is 52.6 Å². The molecule has 0 radical (unpaired) electrons. The zero-order valence-electron chi connectivity index (χ0n) is 16.1. The molecule has 3 aliphatic rings. The molecule has 1 fully saturated rings. The largest absolute Gasteiger partial charge is 0.484 e. The van der Waals surface area contributed by atoms with Crippen LogP contribution in [-0.4, -0.2) is 36.2 Å². The van der Waals surface area contributed by atoms with Gasteiger partial charge in [-0.05, 0) is 68.0 Å². The SMILES string of the molecule is N#Cc1ccc(O[C@@H]2C3=C(C=CCC3)C[C@H]2N2CCC[C@@H](N)C2)c(C(F)(F)F)c1. The number of likely N-dealkylation sites (tertiary alicyclic amines) is 1. The van der Waals surface area contributed by atoms with Crippen molar-refractivity contribution in [1.82, 2.24) is 4.90 Å². The van der Waals surface area contributed by atoms with Crippen LogP contribution in [0.3, 0.4) is 0 Å². The van der Waals surface area contributed by atoms with Crippen LogP contribution >= 0.6 is 0 Å². The maximum atomic E-state index is 13.6. The summed E-state index contributed by atoms with van der Waals surface area (Å²) < 4.78 is 47.0. The van der Waals surface area contributed by atoms with Crippen molar-refractivity contribution >= 4 is 0 Å². The number of allylic oxidation sites excluding steroid dienone is 2. The summed E-state index contributed by atoms with van der Waals surface area (Å²) in [5, 5.41) is 9.00. The van der Waals surface area contributed by atoms with Gasteiger partial charge in [0, 0.05) is 12.6 Å². The summed E-state index contributed by atoms with van der Waals surface area (Å²) in [7, 11) is 0. The second-order valence-electron chi connectivity index (χ2n) is 8.02. The highest BCUT2D eigenvalue weighted by Crippen LogP contribution is 2.42. The first-order chi connectivity index (χ1) is 13.9. The molecule has 2 N–H and O–H groups in total. The molecule has 0 amide bonds. The van der Waals surface area contributed by atoms with Gasteiger partial charge in [0.25, 0.3) is 0 Å². The third kappa shape index (κ3) is 4.05. The maximum absolute atomic E-state index is 13.6. The van der Waals surface area contributed by atoms with E-state index in [1.807, 2.05) is 0 Å². The summed E-state index contributed by atoms with van der Waals surface area (Å²) in [5.74, 6) is -0.212. The lowest BCUT2D eigenvalue weighted by atomic mass is 9.98. The summed E-state index contributed by atoms with van der Waals surface area (Å²) in [5.41, 5.74) is 7.50. The van der Waals surface area contributed by atoms with E-state index >= 15 is 0 Å². The van der Waals surface area contributed by atoms with Gasteiger partial charge in [0.05, 0.1) is 23.2 Å². The quantitative estimate of drug-likeness (QED) is 0.823. The number of ether oxygens (including phenoxy) is 1. The fraction of sp³-hybridized carbons (Fsp3) is 0.500. The minimum atomic E-state index is -4.59. The topological polar surface area (TPSA) is 62.3 Å². The lowest BCUT2D eigenvalue weighted by Crippen LogP contribution is -2.52. The monoisotopic (exact) mass is 403 g/mol. The zero-order chi connectivity index (χ0) is 20.6. The lowest BCUT2D eigenvalue weighted by Gasteiger charge is -2.39. The molecule has 4 rings (SSSR count). The van der Waals surface area contributed by atoms with E-state index < -0.39 is 17.8 Å². The fourth-order valence-electron chi connectivity index (χ4n) is 4.69. The Morgan fingerprint density at radius 1 is 1.28 bits per heavy atom. The van der Waals surface area contributed by atoms with Crippen LogP contribution in [0.15, 0.2) is 41.5 Å². The van der Waals surface area contributed by atoms with Crippen LogP contribution in [0.2, 0.25) is 0 Å². The molecule has 0 bridgehead atoms. The van der Waals surface area contributed by atoms with Crippen LogP contribution in [0.4, 0.5) is 13.2 Å². The van der Waals surface area contributed by atoms with Gasteiger partial charge >= 0.3 is 6.18 Å². The number of benzene rings is 1. The molecule has 0 aromatic heterocycles. The highest BCUT2D eigenvalue weighted by molar-refractivity contribution is 5.46. The van der Waals surface area contributed by atoms with Crippen LogP contribution in [-0.2, 0) is 6.18 Å². The molecule has 154 valence electrons. The summed E-state index contributed by atoms with van der Waals surface area (Å²) in [6, 6.07) is 5.35. The Morgan fingerprint density at radius 2 is 2.10 bits per heavy atom. The van der Waals surface area contributed by atoms with Crippen molar-refractivity contribution in [2.24, 2.45) is 5.73 Å². The Kier molecular flexibility index (Phi) is 5.41. The van der Waals surface area contributed by atoms with Crippen molar-refractivity contribution < 1.29 is 17.9 Å². The fourth-order valence-corrected chi connectivity index (χ4v) is 4.69. The highest BCUT2D eigenvalue weighted by Gasteiger charge is 2.42. The van der Waals surface area contributed by atoms with Crippen molar-refractivity contribution in [3.63, 3.8) is 0 Å².